The number of nitrogens with one attached hydrogen (secondary N) is 1. The maximum absolute atomic E-state index is 12.3. The first-order chi connectivity index (χ1) is 10.9. The number of nitrogens with zero attached hydrogens (tertiary/aromatic N) is 2. The highest BCUT2D eigenvalue weighted by atomic mass is 16.2. The third kappa shape index (κ3) is 3.52. The van der Waals surface area contributed by atoms with E-state index in [1.807, 2.05) is 17.2 Å². The first kappa shape index (κ1) is 15.5. The van der Waals surface area contributed by atoms with Crippen LogP contribution in [0.4, 0.5) is 0 Å². The fraction of sp³-hybridized carbons (Fsp3) is 0.368. The second-order valence-corrected chi connectivity index (χ2v) is 7.09. The quantitative estimate of drug-likeness (QED) is 0.865. The van der Waals surface area contributed by atoms with Gasteiger partial charge in [0.15, 0.2) is 0 Å². The second kappa shape index (κ2) is 6.03. The smallest absolute Gasteiger partial charge is 0.246 e. The minimum atomic E-state index is 0.0525. The summed E-state index contributed by atoms with van der Waals surface area (Å²) < 4.78 is 0. The van der Waals surface area contributed by atoms with Crippen molar-refractivity contribution in [2.24, 2.45) is 0 Å². The van der Waals surface area contributed by atoms with Crippen LogP contribution in [0.3, 0.4) is 0 Å². The van der Waals surface area contributed by atoms with E-state index in [1.54, 1.807) is 6.08 Å². The van der Waals surface area contributed by atoms with Crippen molar-refractivity contribution in [3.63, 3.8) is 0 Å². The minimum absolute atomic E-state index is 0.0525. The van der Waals surface area contributed by atoms with Crippen molar-refractivity contribution in [1.82, 2.24) is 15.1 Å². The molecule has 0 fully saturated rings. The number of rotatable bonds is 2. The molecule has 1 aliphatic rings. The molecule has 2 aromatic rings. The molecule has 1 amide bonds. The summed E-state index contributed by atoms with van der Waals surface area (Å²) in [4.78, 5) is 14.2. The minimum Gasteiger partial charge on any atom is -0.334 e. The van der Waals surface area contributed by atoms with E-state index >= 15 is 0 Å². The molecule has 1 N–H and O–H groups in total. The van der Waals surface area contributed by atoms with Crippen LogP contribution >= 0.6 is 0 Å². The SMILES string of the molecule is CC(C)(C)c1ccc(C=CC(=O)N2CCc3[nH]ncc3C2)cc1. The average Bonchev–Trinajstić information content (AvgIpc) is 2.99. The van der Waals surface area contributed by atoms with Crippen molar-refractivity contribution in [2.45, 2.75) is 39.2 Å². The Kier molecular flexibility index (Phi) is 4.07. The van der Waals surface area contributed by atoms with Crippen LogP contribution in [-0.4, -0.2) is 27.5 Å². The number of hydrogen-bond acceptors (Lipinski definition) is 2. The zero-order valence-corrected chi connectivity index (χ0v) is 14.0. The largest absolute Gasteiger partial charge is 0.334 e. The summed E-state index contributed by atoms with van der Waals surface area (Å²) in [5.74, 6) is 0.0525. The molecule has 0 radical (unpaired) electrons. The molecule has 23 heavy (non-hydrogen) atoms. The zero-order chi connectivity index (χ0) is 16.4. The molecule has 4 heteroatoms. The summed E-state index contributed by atoms with van der Waals surface area (Å²) in [7, 11) is 0. The number of carbonyl (C=O) groups is 1. The molecule has 0 aliphatic carbocycles. The lowest BCUT2D eigenvalue weighted by molar-refractivity contribution is -0.126. The topological polar surface area (TPSA) is 49.0 Å². The third-order valence-corrected chi connectivity index (χ3v) is 4.31. The Morgan fingerprint density at radius 1 is 1.26 bits per heavy atom. The molecule has 1 aliphatic heterocycles. The van der Waals surface area contributed by atoms with E-state index < -0.39 is 0 Å². The Morgan fingerprint density at radius 2 is 2.00 bits per heavy atom. The van der Waals surface area contributed by atoms with Gasteiger partial charge < -0.3 is 4.90 Å². The van der Waals surface area contributed by atoms with Gasteiger partial charge in [0.2, 0.25) is 5.91 Å². The van der Waals surface area contributed by atoms with Crippen LogP contribution < -0.4 is 0 Å². The van der Waals surface area contributed by atoms with E-state index in [2.05, 4.69) is 55.2 Å². The van der Waals surface area contributed by atoms with Crippen molar-refractivity contribution >= 4 is 12.0 Å². The van der Waals surface area contributed by atoms with Gasteiger partial charge in [0.1, 0.15) is 0 Å². The molecule has 1 aromatic carbocycles. The molecule has 0 bridgehead atoms. The summed E-state index contributed by atoms with van der Waals surface area (Å²) in [5.41, 5.74) is 4.76. The first-order valence-corrected chi connectivity index (χ1v) is 8.02. The molecule has 1 aromatic heterocycles. The monoisotopic (exact) mass is 309 g/mol. The molecule has 4 nitrogen and oxygen atoms in total. The molecular formula is C19H23N3O. The molecule has 2 heterocycles. The summed E-state index contributed by atoms with van der Waals surface area (Å²) in [6.45, 7) is 7.96. The lowest BCUT2D eigenvalue weighted by Crippen LogP contribution is -2.34. The van der Waals surface area contributed by atoms with Crippen molar-refractivity contribution in [2.75, 3.05) is 6.54 Å². The maximum Gasteiger partial charge on any atom is 0.246 e. The van der Waals surface area contributed by atoms with E-state index in [9.17, 15) is 4.79 Å². The maximum atomic E-state index is 12.3. The molecule has 0 spiro atoms. The lowest BCUT2D eigenvalue weighted by atomic mass is 9.87. The number of hydrogen-bond donors (Lipinski definition) is 1. The van der Waals surface area contributed by atoms with E-state index in [1.165, 1.54) is 5.56 Å². The Morgan fingerprint density at radius 3 is 2.70 bits per heavy atom. The molecule has 120 valence electrons. The van der Waals surface area contributed by atoms with Gasteiger partial charge in [-0.25, -0.2) is 0 Å². The van der Waals surface area contributed by atoms with Crippen LogP contribution in [0.2, 0.25) is 0 Å². The highest BCUT2D eigenvalue weighted by molar-refractivity contribution is 5.91. The summed E-state index contributed by atoms with van der Waals surface area (Å²) in [6.07, 6.45) is 6.20. The van der Waals surface area contributed by atoms with Crippen molar-refractivity contribution < 1.29 is 4.79 Å². The standard InChI is InChI=1S/C19H23N3O/c1-19(2,3)16-7-4-14(5-8-16)6-9-18(23)22-11-10-17-15(13-22)12-20-21-17/h4-9,12H,10-11,13H2,1-3H3,(H,20,21). The second-order valence-electron chi connectivity index (χ2n) is 7.09. The fourth-order valence-electron chi connectivity index (χ4n) is 2.78. The number of aromatic amines is 1. The molecule has 0 saturated heterocycles. The predicted octanol–water partition coefficient (Wildman–Crippen LogP) is 3.31. The predicted molar refractivity (Wildman–Crippen MR) is 91.9 cm³/mol. The highest BCUT2D eigenvalue weighted by Crippen LogP contribution is 2.22. The number of aromatic nitrogens is 2. The van der Waals surface area contributed by atoms with Crippen LogP contribution in [0.1, 0.15) is 43.2 Å². The third-order valence-electron chi connectivity index (χ3n) is 4.31. The van der Waals surface area contributed by atoms with E-state index in [0.717, 1.165) is 29.8 Å². The van der Waals surface area contributed by atoms with E-state index in [0.29, 0.717) is 6.54 Å². The van der Waals surface area contributed by atoms with E-state index in [-0.39, 0.29) is 11.3 Å². The summed E-state index contributed by atoms with van der Waals surface area (Å²) in [5, 5.41) is 7.02. The van der Waals surface area contributed by atoms with Gasteiger partial charge in [-0.05, 0) is 22.6 Å². The molecule has 3 rings (SSSR count). The Bertz CT molecular complexity index is 720. The Hall–Kier alpha value is -2.36. The normalized spacial score (nSPS) is 15.0. The van der Waals surface area contributed by atoms with Crippen LogP contribution in [0.15, 0.2) is 36.5 Å². The number of H-pyrrole nitrogens is 1. The first-order valence-electron chi connectivity index (χ1n) is 8.02. The van der Waals surface area contributed by atoms with Crippen molar-refractivity contribution in [1.29, 1.82) is 0 Å². The van der Waals surface area contributed by atoms with Gasteiger partial charge in [-0.2, -0.15) is 5.10 Å². The molecule has 0 atom stereocenters. The fourth-order valence-corrected chi connectivity index (χ4v) is 2.78. The van der Waals surface area contributed by atoms with Crippen molar-refractivity contribution in [3.05, 3.63) is 58.9 Å². The zero-order valence-electron chi connectivity index (χ0n) is 14.0. The number of carbonyl (C=O) groups excluding carboxylic acids is 1. The molecule has 0 saturated carbocycles. The van der Waals surface area contributed by atoms with Crippen molar-refractivity contribution in [3.8, 4) is 0 Å². The van der Waals surface area contributed by atoms with Gasteiger partial charge in [0, 0.05) is 36.8 Å². The lowest BCUT2D eigenvalue weighted by Gasteiger charge is -2.25. The Labute approximate surface area is 137 Å². The number of fused-ring (bicyclic) bond motifs is 1. The molecular weight excluding hydrogens is 286 g/mol. The number of benzene rings is 1. The van der Waals surface area contributed by atoms with Crippen LogP contribution in [0.5, 0.6) is 0 Å². The summed E-state index contributed by atoms with van der Waals surface area (Å²) in [6, 6.07) is 8.38. The van der Waals surface area contributed by atoms with Crippen LogP contribution in [-0.2, 0) is 23.2 Å². The van der Waals surface area contributed by atoms with Gasteiger partial charge in [0.05, 0.1) is 6.20 Å². The molecule has 0 unspecified atom stereocenters. The van der Waals surface area contributed by atoms with Gasteiger partial charge in [0.25, 0.3) is 0 Å². The van der Waals surface area contributed by atoms with Gasteiger partial charge in [-0.1, -0.05) is 45.0 Å². The van der Waals surface area contributed by atoms with Gasteiger partial charge in [-0.3, -0.25) is 9.89 Å². The number of amides is 1. The van der Waals surface area contributed by atoms with E-state index in [4.69, 9.17) is 0 Å². The Balaban J connectivity index is 1.65. The highest BCUT2D eigenvalue weighted by Gasteiger charge is 2.20. The van der Waals surface area contributed by atoms with Crippen LogP contribution in [0.25, 0.3) is 6.08 Å². The van der Waals surface area contributed by atoms with Crippen LogP contribution in [0, 0.1) is 0 Å². The van der Waals surface area contributed by atoms with Gasteiger partial charge in [-0.15, -0.1) is 0 Å². The van der Waals surface area contributed by atoms with Gasteiger partial charge >= 0.3 is 0 Å². The summed E-state index contributed by atoms with van der Waals surface area (Å²) >= 11 is 0. The average molecular weight is 309 g/mol.